The van der Waals surface area contributed by atoms with Gasteiger partial charge >= 0.3 is 0 Å². The summed E-state index contributed by atoms with van der Waals surface area (Å²) in [6.45, 7) is 10.4. The monoisotopic (exact) mass is 352 g/mol. The van der Waals surface area contributed by atoms with Crippen molar-refractivity contribution in [2.75, 3.05) is 11.4 Å². The molecule has 0 saturated heterocycles. The maximum Gasteiger partial charge on any atom is 0.240 e. The quantitative estimate of drug-likeness (QED) is 0.885. The van der Waals surface area contributed by atoms with Crippen molar-refractivity contribution in [3.63, 3.8) is 0 Å². The van der Waals surface area contributed by atoms with Crippen LogP contribution >= 0.6 is 0 Å². The van der Waals surface area contributed by atoms with E-state index in [1.807, 2.05) is 55.5 Å². The third kappa shape index (κ3) is 5.45. The van der Waals surface area contributed by atoms with Crippen LogP contribution in [0.2, 0.25) is 0 Å². The first-order valence-electron chi connectivity index (χ1n) is 8.88. The molecule has 1 N–H and O–H groups in total. The Labute approximate surface area is 156 Å². The highest BCUT2D eigenvalue weighted by Crippen LogP contribution is 2.25. The molecule has 0 aliphatic heterocycles. The van der Waals surface area contributed by atoms with Crippen LogP contribution in [0.3, 0.4) is 0 Å². The predicted molar refractivity (Wildman–Crippen MR) is 106 cm³/mol. The summed E-state index contributed by atoms with van der Waals surface area (Å²) in [5.41, 5.74) is 4.17. The zero-order valence-corrected chi connectivity index (χ0v) is 16.3. The molecule has 0 heterocycles. The molecule has 138 valence electrons. The number of hydrogen-bond acceptors (Lipinski definition) is 2. The van der Waals surface area contributed by atoms with Crippen molar-refractivity contribution >= 4 is 17.5 Å². The number of aryl methyl sites for hydroxylation is 1. The maximum absolute atomic E-state index is 12.3. The van der Waals surface area contributed by atoms with Gasteiger partial charge in [0.15, 0.2) is 0 Å². The normalized spacial score (nSPS) is 11.1. The van der Waals surface area contributed by atoms with Gasteiger partial charge in [-0.2, -0.15) is 0 Å². The molecule has 0 bridgehead atoms. The van der Waals surface area contributed by atoms with E-state index in [2.05, 4.69) is 26.1 Å². The first-order valence-corrected chi connectivity index (χ1v) is 8.88. The van der Waals surface area contributed by atoms with Crippen LogP contribution < -0.4 is 10.2 Å². The van der Waals surface area contributed by atoms with Gasteiger partial charge in [0.25, 0.3) is 0 Å². The second-order valence-electron chi connectivity index (χ2n) is 7.67. The summed E-state index contributed by atoms with van der Waals surface area (Å²) in [5.74, 6) is -0.333. The molecule has 0 aliphatic rings. The smallest absolute Gasteiger partial charge is 0.240 e. The number of rotatable bonds is 5. The molecule has 2 aromatic rings. The first kappa shape index (κ1) is 19.7. The highest BCUT2D eigenvalue weighted by molar-refractivity contribution is 5.97. The van der Waals surface area contributed by atoms with Crippen LogP contribution in [0.5, 0.6) is 0 Å². The Morgan fingerprint density at radius 1 is 1.04 bits per heavy atom. The number of anilines is 1. The minimum atomic E-state index is -0.179. The molecule has 0 fully saturated rings. The van der Waals surface area contributed by atoms with Crippen molar-refractivity contribution in [1.29, 1.82) is 0 Å². The van der Waals surface area contributed by atoms with Gasteiger partial charge in [0.2, 0.25) is 11.8 Å². The predicted octanol–water partition coefficient (Wildman–Crippen LogP) is 3.96. The molecule has 26 heavy (non-hydrogen) atoms. The molecular formula is C22H28N2O2. The summed E-state index contributed by atoms with van der Waals surface area (Å²) in [6, 6.07) is 15.8. The van der Waals surface area contributed by atoms with Crippen LogP contribution in [0.1, 0.15) is 44.4 Å². The van der Waals surface area contributed by atoms with Crippen molar-refractivity contribution in [2.24, 2.45) is 0 Å². The van der Waals surface area contributed by atoms with E-state index < -0.39 is 0 Å². The highest BCUT2D eigenvalue weighted by atomic mass is 16.2. The SMILES string of the molecule is CC(=O)N(CC(=O)NCc1cccc(C)c1)c1ccc(C(C)(C)C)cc1. The Morgan fingerprint density at radius 3 is 2.23 bits per heavy atom. The van der Waals surface area contributed by atoms with Gasteiger partial charge in [0.05, 0.1) is 0 Å². The number of nitrogens with zero attached hydrogens (tertiary/aromatic N) is 1. The van der Waals surface area contributed by atoms with Gasteiger partial charge in [-0.1, -0.05) is 62.7 Å². The van der Waals surface area contributed by atoms with E-state index in [-0.39, 0.29) is 23.8 Å². The summed E-state index contributed by atoms with van der Waals surface area (Å²) >= 11 is 0. The number of carbonyl (C=O) groups is 2. The molecule has 2 aromatic carbocycles. The molecule has 0 radical (unpaired) electrons. The highest BCUT2D eigenvalue weighted by Gasteiger charge is 2.18. The van der Waals surface area contributed by atoms with Gasteiger partial charge in [-0.3, -0.25) is 9.59 Å². The Balaban J connectivity index is 2.03. The standard InChI is InChI=1S/C22H28N2O2/c1-16-7-6-8-18(13-16)14-23-21(26)15-24(17(2)25)20-11-9-19(10-12-20)22(3,4)5/h6-13H,14-15H2,1-5H3,(H,23,26). The van der Waals surface area contributed by atoms with Crippen molar-refractivity contribution in [2.45, 2.75) is 46.6 Å². The number of nitrogens with one attached hydrogen (secondary N) is 1. The molecule has 0 saturated carbocycles. The lowest BCUT2D eigenvalue weighted by Crippen LogP contribution is -2.39. The van der Waals surface area contributed by atoms with Gasteiger partial charge in [-0.05, 0) is 35.6 Å². The minimum Gasteiger partial charge on any atom is -0.350 e. The average molecular weight is 352 g/mol. The molecule has 4 heteroatoms. The third-order valence-electron chi connectivity index (χ3n) is 4.30. The summed E-state index contributed by atoms with van der Waals surface area (Å²) < 4.78 is 0. The van der Waals surface area contributed by atoms with Gasteiger partial charge < -0.3 is 10.2 Å². The van der Waals surface area contributed by atoms with Crippen molar-refractivity contribution < 1.29 is 9.59 Å². The van der Waals surface area contributed by atoms with Crippen LogP contribution in [-0.4, -0.2) is 18.4 Å². The summed E-state index contributed by atoms with van der Waals surface area (Å²) in [6.07, 6.45) is 0. The molecule has 0 spiro atoms. The van der Waals surface area contributed by atoms with E-state index >= 15 is 0 Å². The number of benzene rings is 2. The molecule has 2 rings (SSSR count). The van der Waals surface area contributed by atoms with Crippen LogP contribution in [0.25, 0.3) is 0 Å². The van der Waals surface area contributed by atoms with Crippen LogP contribution in [0, 0.1) is 6.92 Å². The second kappa shape index (κ2) is 8.17. The molecule has 2 amide bonds. The number of carbonyl (C=O) groups excluding carboxylic acids is 2. The molecule has 0 atom stereocenters. The van der Waals surface area contributed by atoms with E-state index in [0.717, 1.165) is 16.8 Å². The molecule has 4 nitrogen and oxygen atoms in total. The largest absolute Gasteiger partial charge is 0.350 e. The fraction of sp³-hybridized carbons (Fsp3) is 0.364. The van der Waals surface area contributed by atoms with Crippen LogP contribution in [0.15, 0.2) is 48.5 Å². The third-order valence-corrected chi connectivity index (χ3v) is 4.30. The Bertz CT molecular complexity index is 773. The Morgan fingerprint density at radius 2 is 1.69 bits per heavy atom. The summed E-state index contributed by atoms with van der Waals surface area (Å²) in [4.78, 5) is 25.8. The topological polar surface area (TPSA) is 49.4 Å². The van der Waals surface area contributed by atoms with E-state index in [4.69, 9.17) is 0 Å². The first-order chi connectivity index (χ1) is 12.2. The lowest BCUT2D eigenvalue weighted by atomic mass is 9.87. The van der Waals surface area contributed by atoms with Crippen molar-refractivity contribution in [3.05, 3.63) is 65.2 Å². The lowest BCUT2D eigenvalue weighted by Gasteiger charge is -2.23. The lowest BCUT2D eigenvalue weighted by molar-refractivity contribution is -0.123. The summed E-state index contributed by atoms with van der Waals surface area (Å²) in [7, 11) is 0. The van der Waals surface area contributed by atoms with E-state index in [9.17, 15) is 9.59 Å². The number of amides is 2. The zero-order valence-electron chi connectivity index (χ0n) is 16.3. The Hall–Kier alpha value is -2.62. The van der Waals surface area contributed by atoms with Gasteiger partial charge in [0.1, 0.15) is 6.54 Å². The summed E-state index contributed by atoms with van der Waals surface area (Å²) in [5, 5.41) is 2.88. The molecule has 0 aromatic heterocycles. The van der Waals surface area contributed by atoms with E-state index in [0.29, 0.717) is 6.54 Å². The minimum absolute atomic E-state index is 0.00993. The van der Waals surface area contributed by atoms with Crippen LogP contribution in [0.4, 0.5) is 5.69 Å². The van der Waals surface area contributed by atoms with E-state index in [1.165, 1.54) is 17.4 Å². The Kier molecular flexibility index (Phi) is 6.19. The zero-order chi connectivity index (χ0) is 19.3. The van der Waals surface area contributed by atoms with Gasteiger partial charge in [-0.25, -0.2) is 0 Å². The number of hydrogen-bond donors (Lipinski definition) is 1. The van der Waals surface area contributed by atoms with E-state index in [1.54, 1.807) is 0 Å². The molecule has 0 unspecified atom stereocenters. The van der Waals surface area contributed by atoms with Gasteiger partial charge in [-0.15, -0.1) is 0 Å². The second-order valence-corrected chi connectivity index (χ2v) is 7.67. The molecular weight excluding hydrogens is 324 g/mol. The van der Waals surface area contributed by atoms with Crippen LogP contribution in [-0.2, 0) is 21.5 Å². The van der Waals surface area contributed by atoms with Crippen molar-refractivity contribution in [3.8, 4) is 0 Å². The maximum atomic E-state index is 12.3. The average Bonchev–Trinajstić information content (AvgIpc) is 2.57. The fourth-order valence-corrected chi connectivity index (χ4v) is 2.75. The van der Waals surface area contributed by atoms with Gasteiger partial charge in [0, 0.05) is 19.2 Å². The van der Waals surface area contributed by atoms with Crippen molar-refractivity contribution in [1.82, 2.24) is 5.32 Å². The fourth-order valence-electron chi connectivity index (χ4n) is 2.75. The molecule has 0 aliphatic carbocycles.